The van der Waals surface area contributed by atoms with Gasteiger partial charge in [0.1, 0.15) is 11.9 Å². The second kappa shape index (κ2) is 8.50. The van der Waals surface area contributed by atoms with E-state index in [0.717, 1.165) is 51.1 Å². The highest BCUT2D eigenvalue weighted by atomic mass is 35.5. The molecule has 3 nitrogen and oxygen atoms in total. The van der Waals surface area contributed by atoms with E-state index in [1.807, 2.05) is 24.3 Å². The quantitative estimate of drug-likeness (QED) is 0.784. The summed E-state index contributed by atoms with van der Waals surface area (Å²) < 4.78 is 5.99. The number of piperidine rings is 1. The Labute approximate surface area is 126 Å². The third-order valence-corrected chi connectivity index (χ3v) is 4.11. The molecule has 0 aliphatic carbocycles. The van der Waals surface area contributed by atoms with Crippen LogP contribution in [0, 0.1) is 0 Å². The summed E-state index contributed by atoms with van der Waals surface area (Å²) in [4.78, 5) is 2.49. The first kappa shape index (κ1) is 15.6. The van der Waals surface area contributed by atoms with Crippen LogP contribution in [-0.4, -0.2) is 42.4 Å². The Bertz CT molecular complexity index is 392. The van der Waals surface area contributed by atoms with Gasteiger partial charge in [0, 0.05) is 19.7 Å². The third kappa shape index (κ3) is 4.97. The molecule has 1 heterocycles. The summed E-state index contributed by atoms with van der Waals surface area (Å²) in [6.07, 6.45) is 5.62. The number of hydrogen-bond acceptors (Lipinski definition) is 3. The number of halogens is 1. The van der Waals surface area contributed by atoms with Gasteiger partial charge in [-0.2, -0.15) is 0 Å². The fraction of sp³-hybridized carbons (Fsp3) is 0.625. The standard InChI is InChI=1S/C16H24ClNO2/c17-15-6-2-3-7-16(15)20-14-8-11-18(12-9-14)10-4-1-5-13-19/h2-3,6-7,14,19H,1,4-5,8-13H2. The average Bonchev–Trinajstić information content (AvgIpc) is 2.48. The molecule has 0 atom stereocenters. The fourth-order valence-corrected chi connectivity index (χ4v) is 2.77. The first-order chi connectivity index (χ1) is 9.79. The van der Waals surface area contributed by atoms with Crippen molar-refractivity contribution in [3.05, 3.63) is 29.3 Å². The van der Waals surface area contributed by atoms with Gasteiger partial charge in [-0.3, -0.25) is 0 Å². The van der Waals surface area contributed by atoms with E-state index in [1.165, 1.54) is 6.42 Å². The maximum atomic E-state index is 8.76. The van der Waals surface area contributed by atoms with E-state index >= 15 is 0 Å². The van der Waals surface area contributed by atoms with Gasteiger partial charge in [0.15, 0.2) is 0 Å². The summed E-state index contributed by atoms with van der Waals surface area (Å²) >= 11 is 6.11. The highest BCUT2D eigenvalue weighted by Crippen LogP contribution is 2.26. The zero-order chi connectivity index (χ0) is 14.2. The lowest BCUT2D eigenvalue weighted by atomic mass is 10.1. The number of benzene rings is 1. The second-order valence-electron chi connectivity index (χ2n) is 5.37. The highest BCUT2D eigenvalue weighted by molar-refractivity contribution is 6.32. The molecule has 0 unspecified atom stereocenters. The molecule has 0 saturated carbocycles. The Morgan fingerprint density at radius 2 is 1.90 bits per heavy atom. The zero-order valence-electron chi connectivity index (χ0n) is 11.9. The number of nitrogens with zero attached hydrogens (tertiary/aromatic N) is 1. The molecule has 112 valence electrons. The van der Waals surface area contributed by atoms with Gasteiger partial charge in [0.2, 0.25) is 0 Å². The molecule has 0 bridgehead atoms. The van der Waals surface area contributed by atoms with Crippen LogP contribution in [0.5, 0.6) is 5.75 Å². The molecule has 0 amide bonds. The van der Waals surface area contributed by atoms with Crippen molar-refractivity contribution >= 4 is 11.6 Å². The normalized spacial score (nSPS) is 17.3. The molecule has 0 aromatic heterocycles. The number of aliphatic hydroxyl groups is 1. The lowest BCUT2D eigenvalue weighted by molar-refractivity contribution is 0.0993. The molecule has 4 heteroatoms. The molecule has 0 spiro atoms. The number of para-hydroxylation sites is 1. The molecular weight excluding hydrogens is 274 g/mol. The molecule has 1 N–H and O–H groups in total. The summed E-state index contributed by atoms with van der Waals surface area (Å²) in [6, 6.07) is 7.68. The average molecular weight is 298 g/mol. The van der Waals surface area contributed by atoms with Gasteiger partial charge in [-0.1, -0.05) is 23.7 Å². The van der Waals surface area contributed by atoms with Gasteiger partial charge in [0.05, 0.1) is 5.02 Å². The molecule has 1 aliphatic heterocycles. The van der Waals surface area contributed by atoms with Crippen molar-refractivity contribution in [1.29, 1.82) is 0 Å². The summed E-state index contributed by atoms with van der Waals surface area (Å²) in [5.74, 6) is 0.801. The van der Waals surface area contributed by atoms with Crippen LogP contribution in [0.15, 0.2) is 24.3 Å². The van der Waals surface area contributed by atoms with E-state index < -0.39 is 0 Å². The predicted octanol–water partition coefficient (Wildman–Crippen LogP) is 3.35. The Morgan fingerprint density at radius 1 is 1.15 bits per heavy atom. The van der Waals surface area contributed by atoms with Gasteiger partial charge in [0.25, 0.3) is 0 Å². The molecule has 1 aliphatic rings. The maximum absolute atomic E-state index is 8.76. The second-order valence-corrected chi connectivity index (χ2v) is 5.78. The summed E-state index contributed by atoms with van der Waals surface area (Å²) in [5.41, 5.74) is 0. The van der Waals surface area contributed by atoms with Crippen LogP contribution >= 0.6 is 11.6 Å². The minimum absolute atomic E-state index is 0.281. The van der Waals surface area contributed by atoms with E-state index in [9.17, 15) is 0 Å². The first-order valence-electron chi connectivity index (χ1n) is 7.54. The summed E-state index contributed by atoms with van der Waals surface area (Å²) in [5, 5.41) is 9.45. The van der Waals surface area contributed by atoms with E-state index in [0.29, 0.717) is 11.6 Å². The summed E-state index contributed by atoms with van der Waals surface area (Å²) in [6.45, 7) is 3.63. The van der Waals surface area contributed by atoms with Gasteiger partial charge >= 0.3 is 0 Å². The van der Waals surface area contributed by atoms with Gasteiger partial charge < -0.3 is 14.7 Å². The Balaban J connectivity index is 1.68. The van der Waals surface area contributed by atoms with Crippen molar-refractivity contribution < 1.29 is 9.84 Å². The van der Waals surface area contributed by atoms with E-state index in [4.69, 9.17) is 21.4 Å². The van der Waals surface area contributed by atoms with Gasteiger partial charge in [-0.05, 0) is 50.8 Å². The molecule has 1 fully saturated rings. The van der Waals surface area contributed by atoms with Crippen LogP contribution in [0.1, 0.15) is 32.1 Å². The molecule has 1 aromatic carbocycles. The molecular formula is C16H24ClNO2. The Hall–Kier alpha value is -0.770. The van der Waals surface area contributed by atoms with Crippen LogP contribution in [0.4, 0.5) is 0 Å². The largest absolute Gasteiger partial charge is 0.489 e. The van der Waals surface area contributed by atoms with Crippen molar-refractivity contribution in [2.24, 2.45) is 0 Å². The summed E-state index contributed by atoms with van der Waals surface area (Å²) in [7, 11) is 0. The van der Waals surface area contributed by atoms with Crippen LogP contribution in [-0.2, 0) is 0 Å². The van der Waals surface area contributed by atoms with Crippen LogP contribution < -0.4 is 4.74 Å². The lowest BCUT2D eigenvalue weighted by Crippen LogP contribution is -2.38. The Morgan fingerprint density at radius 3 is 2.60 bits per heavy atom. The number of ether oxygens (including phenoxy) is 1. The van der Waals surface area contributed by atoms with Crippen molar-refractivity contribution in [3.63, 3.8) is 0 Å². The van der Waals surface area contributed by atoms with Crippen molar-refractivity contribution in [2.45, 2.75) is 38.2 Å². The van der Waals surface area contributed by atoms with Crippen molar-refractivity contribution in [3.8, 4) is 5.75 Å². The topological polar surface area (TPSA) is 32.7 Å². The van der Waals surface area contributed by atoms with Crippen LogP contribution in [0.3, 0.4) is 0 Å². The zero-order valence-corrected chi connectivity index (χ0v) is 12.7. The van der Waals surface area contributed by atoms with E-state index in [2.05, 4.69) is 4.90 Å². The third-order valence-electron chi connectivity index (χ3n) is 3.80. The van der Waals surface area contributed by atoms with E-state index in [1.54, 1.807) is 0 Å². The minimum atomic E-state index is 0.281. The predicted molar refractivity (Wildman–Crippen MR) is 82.5 cm³/mol. The monoisotopic (exact) mass is 297 g/mol. The van der Waals surface area contributed by atoms with E-state index in [-0.39, 0.29) is 6.10 Å². The maximum Gasteiger partial charge on any atom is 0.138 e. The molecule has 1 aromatic rings. The minimum Gasteiger partial charge on any atom is -0.489 e. The first-order valence-corrected chi connectivity index (χ1v) is 7.92. The van der Waals surface area contributed by atoms with Gasteiger partial charge in [-0.25, -0.2) is 0 Å². The smallest absolute Gasteiger partial charge is 0.138 e. The SMILES string of the molecule is OCCCCCN1CCC(Oc2ccccc2Cl)CC1. The number of rotatable bonds is 7. The number of aliphatic hydroxyl groups excluding tert-OH is 1. The van der Waals surface area contributed by atoms with Crippen molar-refractivity contribution in [1.82, 2.24) is 4.90 Å². The van der Waals surface area contributed by atoms with Gasteiger partial charge in [-0.15, -0.1) is 0 Å². The number of unbranched alkanes of at least 4 members (excludes halogenated alkanes) is 2. The lowest BCUT2D eigenvalue weighted by Gasteiger charge is -2.32. The molecule has 2 rings (SSSR count). The van der Waals surface area contributed by atoms with Crippen LogP contribution in [0.25, 0.3) is 0 Å². The molecule has 1 saturated heterocycles. The number of likely N-dealkylation sites (tertiary alicyclic amines) is 1. The highest BCUT2D eigenvalue weighted by Gasteiger charge is 2.20. The molecule has 0 radical (unpaired) electrons. The fourth-order valence-electron chi connectivity index (χ4n) is 2.59. The van der Waals surface area contributed by atoms with Crippen LogP contribution in [0.2, 0.25) is 5.02 Å². The number of hydrogen-bond donors (Lipinski definition) is 1. The Kier molecular flexibility index (Phi) is 6.64. The van der Waals surface area contributed by atoms with Crippen molar-refractivity contribution in [2.75, 3.05) is 26.2 Å². The molecule has 20 heavy (non-hydrogen) atoms.